The molecule has 0 saturated heterocycles. The Hall–Kier alpha value is -1.48. The Morgan fingerprint density at radius 2 is 1.19 bits per heavy atom. The van der Waals surface area contributed by atoms with Gasteiger partial charge in [0.1, 0.15) is 0 Å². The van der Waals surface area contributed by atoms with Gasteiger partial charge in [0.15, 0.2) is 0 Å². The van der Waals surface area contributed by atoms with Gasteiger partial charge in [-0.05, 0) is 59.7 Å². The topological polar surface area (TPSA) is 0 Å². The third kappa shape index (κ3) is 6.31. The van der Waals surface area contributed by atoms with Crippen LogP contribution in [0, 0.1) is 35.5 Å². The van der Waals surface area contributed by atoms with Crippen molar-refractivity contribution < 1.29 is 0 Å². The van der Waals surface area contributed by atoms with Crippen molar-refractivity contribution in [2.45, 2.75) is 104 Å². The molecule has 0 aromatic carbocycles. The molecule has 1 aliphatic carbocycles. The molecular formula is C30H40S2. The molecule has 0 bridgehead atoms. The van der Waals surface area contributed by atoms with Gasteiger partial charge in [-0.25, -0.2) is 0 Å². The third-order valence-corrected chi connectivity index (χ3v) is 8.76. The molecule has 3 rings (SSSR count). The number of hydrogen-bond acceptors (Lipinski definition) is 2. The largest absolute Gasteiger partial charge is 0.147 e. The highest BCUT2D eigenvalue weighted by molar-refractivity contribution is 7.11. The van der Waals surface area contributed by atoms with Gasteiger partial charge in [0.2, 0.25) is 0 Å². The first kappa shape index (κ1) is 25.1. The minimum atomic E-state index is 0.232. The first-order chi connectivity index (χ1) is 15.7. The summed E-state index contributed by atoms with van der Waals surface area (Å²) >= 11 is 3.75. The van der Waals surface area contributed by atoms with Crippen molar-refractivity contribution in [2.24, 2.45) is 11.8 Å². The van der Waals surface area contributed by atoms with Gasteiger partial charge in [0.25, 0.3) is 0 Å². The number of unbranched alkanes of at least 4 members (excludes halogenated alkanes) is 4. The molecule has 0 spiro atoms. The normalized spacial score (nSPS) is 18.5. The van der Waals surface area contributed by atoms with Crippen LogP contribution in [-0.4, -0.2) is 0 Å². The summed E-state index contributed by atoms with van der Waals surface area (Å²) in [6, 6.07) is 4.62. The molecule has 4 atom stereocenters. The van der Waals surface area contributed by atoms with Crippen LogP contribution in [0.1, 0.15) is 125 Å². The van der Waals surface area contributed by atoms with E-state index in [0.717, 1.165) is 12.8 Å². The van der Waals surface area contributed by atoms with Crippen molar-refractivity contribution in [2.75, 3.05) is 0 Å². The third-order valence-electron chi connectivity index (χ3n) is 6.76. The van der Waals surface area contributed by atoms with Gasteiger partial charge < -0.3 is 0 Å². The average Bonchev–Trinajstić information content (AvgIpc) is 3.49. The van der Waals surface area contributed by atoms with Gasteiger partial charge in [-0.2, -0.15) is 0 Å². The minimum absolute atomic E-state index is 0.232. The van der Waals surface area contributed by atoms with E-state index in [1.807, 2.05) is 22.7 Å². The van der Waals surface area contributed by atoms with E-state index in [1.54, 1.807) is 0 Å². The zero-order valence-electron chi connectivity index (χ0n) is 20.5. The van der Waals surface area contributed by atoms with Crippen molar-refractivity contribution in [1.82, 2.24) is 0 Å². The van der Waals surface area contributed by atoms with Crippen LogP contribution in [0.5, 0.6) is 0 Å². The highest BCUT2D eigenvalue weighted by Crippen LogP contribution is 2.47. The Bertz CT molecular complexity index is 896. The van der Waals surface area contributed by atoms with E-state index >= 15 is 0 Å². The quantitative estimate of drug-likeness (QED) is 0.242. The zero-order valence-corrected chi connectivity index (χ0v) is 22.1. The van der Waals surface area contributed by atoms with Crippen LogP contribution in [-0.2, 0) is 0 Å². The van der Waals surface area contributed by atoms with Crippen molar-refractivity contribution in [3.63, 3.8) is 0 Å². The van der Waals surface area contributed by atoms with Gasteiger partial charge >= 0.3 is 0 Å². The fourth-order valence-corrected chi connectivity index (χ4v) is 6.61. The standard InChI is InChI=1S/C30H40S2/c1-5-9-11-12-14-24(8-4)16-18-26-28-20-22-31-29(28)25(27-19-21-32-30(26)27)17-15-23(7-3)13-10-6-2/h19-26H,5-14H2,1-4H3. The lowest BCUT2D eigenvalue weighted by Gasteiger charge is -2.24. The van der Waals surface area contributed by atoms with E-state index in [2.05, 4.69) is 74.3 Å². The molecule has 0 radical (unpaired) electrons. The Morgan fingerprint density at radius 3 is 1.66 bits per heavy atom. The molecule has 2 aromatic heterocycles. The predicted octanol–water partition coefficient (Wildman–Crippen LogP) is 9.61. The Morgan fingerprint density at radius 1 is 0.688 bits per heavy atom. The predicted molar refractivity (Wildman–Crippen MR) is 144 cm³/mol. The lowest BCUT2D eigenvalue weighted by Crippen LogP contribution is -2.12. The first-order valence-electron chi connectivity index (χ1n) is 12.9. The van der Waals surface area contributed by atoms with Crippen molar-refractivity contribution in [3.05, 3.63) is 43.8 Å². The Labute approximate surface area is 205 Å². The molecule has 0 saturated carbocycles. The molecule has 0 nitrogen and oxygen atoms in total. The van der Waals surface area contributed by atoms with Crippen molar-refractivity contribution in [1.29, 1.82) is 0 Å². The summed E-state index contributed by atoms with van der Waals surface area (Å²) in [5.74, 6) is 16.3. The summed E-state index contributed by atoms with van der Waals surface area (Å²) in [7, 11) is 0. The van der Waals surface area contributed by atoms with Crippen LogP contribution in [0.3, 0.4) is 0 Å². The fourth-order valence-electron chi connectivity index (χ4n) is 4.60. The molecule has 0 N–H and O–H groups in total. The SMILES string of the molecule is CCCCCCC(C#CC1c2ccsc2C(C#CC(CC)CCCC)c2ccsc21)CC. The summed E-state index contributed by atoms with van der Waals surface area (Å²) in [6.45, 7) is 9.12. The Kier molecular flexibility index (Phi) is 10.4. The maximum Gasteiger partial charge on any atom is 0.0809 e. The van der Waals surface area contributed by atoms with E-state index < -0.39 is 0 Å². The van der Waals surface area contributed by atoms with Crippen LogP contribution < -0.4 is 0 Å². The summed E-state index contributed by atoms with van der Waals surface area (Å²) in [5.41, 5.74) is 2.83. The second kappa shape index (κ2) is 13.3. The molecular weight excluding hydrogens is 424 g/mol. The molecule has 0 fully saturated rings. The second-order valence-corrected chi connectivity index (χ2v) is 11.0. The minimum Gasteiger partial charge on any atom is -0.147 e. The van der Waals surface area contributed by atoms with Gasteiger partial charge in [-0.1, -0.05) is 89.9 Å². The number of hydrogen-bond donors (Lipinski definition) is 0. The molecule has 1 aliphatic rings. The van der Waals surface area contributed by atoms with Crippen LogP contribution in [0.25, 0.3) is 0 Å². The Balaban J connectivity index is 1.83. The van der Waals surface area contributed by atoms with Crippen molar-refractivity contribution >= 4 is 22.7 Å². The van der Waals surface area contributed by atoms with E-state index in [-0.39, 0.29) is 11.8 Å². The van der Waals surface area contributed by atoms with Gasteiger partial charge in [-0.15, -0.1) is 22.7 Å². The molecule has 2 heteroatoms. The molecule has 2 heterocycles. The monoisotopic (exact) mass is 464 g/mol. The second-order valence-electron chi connectivity index (χ2n) is 9.13. The first-order valence-corrected chi connectivity index (χ1v) is 14.7. The van der Waals surface area contributed by atoms with Crippen LogP contribution in [0.4, 0.5) is 0 Å². The number of fused-ring (bicyclic) bond motifs is 2. The number of rotatable bonds is 10. The van der Waals surface area contributed by atoms with Gasteiger partial charge in [-0.3, -0.25) is 0 Å². The van der Waals surface area contributed by atoms with E-state index in [4.69, 9.17) is 0 Å². The van der Waals surface area contributed by atoms with E-state index in [1.165, 1.54) is 72.2 Å². The maximum absolute atomic E-state index is 3.74. The zero-order chi connectivity index (χ0) is 22.8. The lowest BCUT2D eigenvalue weighted by molar-refractivity contribution is 0.530. The summed E-state index contributed by atoms with van der Waals surface area (Å²) in [6.07, 6.45) is 12.6. The molecule has 0 aliphatic heterocycles. The van der Waals surface area contributed by atoms with E-state index in [9.17, 15) is 0 Å². The molecule has 2 aromatic rings. The summed E-state index contributed by atoms with van der Waals surface area (Å²) in [4.78, 5) is 2.87. The molecule has 0 amide bonds. The smallest absolute Gasteiger partial charge is 0.0809 e. The van der Waals surface area contributed by atoms with Crippen LogP contribution >= 0.6 is 22.7 Å². The highest BCUT2D eigenvalue weighted by atomic mass is 32.1. The average molecular weight is 465 g/mol. The fraction of sp³-hybridized carbons (Fsp3) is 0.600. The molecule has 32 heavy (non-hydrogen) atoms. The van der Waals surface area contributed by atoms with Crippen molar-refractivity contribution in [3.8, 4) is 23.7 Å². The summed E-state index contributed by atoms with van der Waals surface area (Å²) in [5, 5.41) is 4.50. The van der Waals surface area contributed by atoms with Crippen LogP contribution in [0.15, 0.2) is 22.9 Å². The molecule has 4 unspecified atom stereocenters. The van der Waals surface area contributed by atoms with Gasteiger partial charge in [0, 0.05) is 21.6 Å². The number of thiophene rings is 2. The summed E-state index contributed by atoms with van der Waals surface area (Å²) < 4.78 is 0. The van der Waals surface area contributed by atoms with E-state index in [0.29, 0.717) is 11.8 Å². The molecule has 172 valence electrons. The maximum atomic E-state index is 3.74. The lowest BCUT2D eigenvalue weighted by atomic mass is 9.81. The van der Waals surface area contributed by atoms with Gasteiger partial charge in [0.05, 0.1) is 11.8 Å². The highest BCUT2D eigenvalue weighted by Gasteiger charge is 2.33. The van der Waals surface area contributed by atoms with Crippen LogP contribution in [0.2, 0.25) is 0 Å².